The van der Waals surface area contributed by atoms with E-state index in [9.17, 15) is 9.59 Å². The van der Waals surface area contributed by atoms with Gasteiger partial charge in [0, 0.05) is 13.0 Å². The van der Waals surface area contributed by atoms with Gasteiger partial charge in [-0.3, -0.25) is 4.79 Å². The Morgan fingerprint density at radius 2 is 2.00 bits per heavy atom. The first-order valence-corrected chi connectivity index (χ1v) is 6.20. The summed E-state index contributed by atoms with van der Waals surface area (Å²) in [5.41, 5.74) is 1.08. The highest BCUT2D eigenvalue weighted by Gasteiger charge is 2.02. The normalized spacial score (nSPS) is 9.74. The first-order chi connectivity index (χ1) is 9.11. The van der Waals surface area contributed by atoms with E-state index in [1.54, 1.807) is 25.1 Å². The minimum atomic E-state index is -0.180. The maximum Gasteiger partial charge on any atom is 0.258 e. The third kappa shape index (κ3) is 6.41. The summed E-state index contributed by atoms with van der Waals surface area (Å²) in [6.45, 7) is 5.52. The van der Waals surface area contributed by atoms with E-state index in [4.69, 9.17) is 4.74 Å². The molecule has 0 radical (unpaired) electrons. The number of amides is 1. The van der Waals surface area contributed by atoms with E-state index in [0.717, 1.165) is 12.0 Å². The van der Waals surface area contributed by atoms with E-state index in [0.29, 0.717) is 18.7 Å². The van der Waals surface area contributed by atoms with Crippen molar-refractivity contribution in [1.29, 1.82) is 0 Å². The van der Waals surface area contributed by atoms with Crippen LogP contribution in [0.2, 0.25) is 0 Å². The Hall–Kier alpha value is -2.10. The lowest BCUT2D eigenvalue weighted by Crippen LogP contribution is -2.28. The van der Waals surface area contributed by atoms with Crippen molar-refractivity contribution in [3.63, 3.8) is 0 Å². The maximum absolute atomic E-state index is 11.3. The summed E-state index contributed by atoms with van der Waals surface area (Å²) in [7, 11) is 0. The minimum Gasteiger partial charge on any atom is -0.484 e. The molecular formula is C15H19NO3. The highest BCUT2D eigenvalue weighted by molar-refractivity contribution is 5.77. The molecule has 102 valence electrons. The molecule has 0 aromatic heterocycles. The molecule has 1 aromatic rings. The van der Waals surface area contributed by atoms with Gasteiger partial charge in [0.1, 0.15) is 11.5 Å². The molecule has 1 N–H and O–H groups in total. The van der Waals surface area contributed by atoms with E-state index in [-0.39, 0.29) is 18.3 Å². The number of carbonyl (C=O) groups excluding carboxylic acids is 2. The molecule has 1 rings (SSSR count). The van der Waals surface area contributed by atoms with E-state index in [1.807, 2.05) is 12.1 Å². The van der Waals surface area contributed by atoms with Crippen molar-refractivity contribution in [2.24, 2.45) is 0 Å². The molecule has 0 atom stereocenters. The fourth-order valence-corrected chi connectivity index (χ4v) is 1.46. The number of hydrogen-bond acceptors (Lipinski definition) is 3. The number of rotatable bonds is 8. The summed E-state index contributed by atoms with van der Waals surface area (Å²) >= 11 is 0. The van der Waals surface area contributed by atoms with Crippen LogP contribution >= 0.6 is 0 Å². The van der Waals surface area contributed by atoms with Gasteiger partial charge in [-0.1, -0.05) is 18.2 Å². The number of ether oxygens (including phenoxy) is 1. The van der Waals surface area contributed by atoms with Crippen LogP contribution in [-0.4, -0.2) is 24.8 Å². The third-order valence-corrected chi connectivity index (χ3v) is 2.50. The predicted molar refractivity (Wildman–Crippen MR) is 74.1 cm³/mol. The van der Waals surface area contributed by atoms with E-state index >= 15 is 0 Å². The van der Waals surface area contributed by atoms with Gasteiger partial charge in [0.2, 0.25) is 0 Å². The molecule has 0 aliphatic rings. The average molecular weight is 261 g/mol. The fraction of sp³-hybridized carbons (Fsp3) is 0.333. The van der Waals surface area contributed by atoms with E-state index in [2.05, 4.69) is 11.9 Å². The van der Waals surface area contributed by atoms with Crippen LogP contribution in [0.4, 0.5) is 0 Å². The van der Waals surface area contributed by atoms with Crippen molar-refractivity contribution in [2.75, 3.05) is 13.2 Å². The minimum absolute atomic E-state index is 0.0133. The number of hydrogen-bond donors (Lipinski definition) is 1. The van der Waals surface area contributed by atoms with Crippen molar-refractivity contribution in [1.82, 2.24) is 5.32 Å². The number of nitrogens with one attached hydrogen (secondary N) is 1. The molecule has 0 saturated heterocycles. The molecule has 1 aromatic carbocycles. The van der Waals surface area contributed by atoms with Crippen LogP contribution in [0.5, 0.6) is 5.75 Å². The molecule has 19 heavy (non-hydrogen) atoms. The summed E-state index contributed by atoms with van der Waals surface area (Å²) in [4.78, 5) is 22.2. The zero-order valence-corrected chi connectivity index (χ0v) is 11.1. The molecule has 0 bridgehead atoms. The van der Waals surface area contributed by atoms with Crippen molar-refractivity contribution in [3.8, 4) is 5.75 Å². The molecule has 4 heteroatoms. The van der Waals surface area contributed by atoms with Crippen molar-refractivity contribution >= 4 is 11.7 Å². The second-order valence-electron chi connectivity index (χ2n) is 4.23. The van der Waals surface area contributed by atoms with Crippen molar-refractivity contribution in [2.45, 2.75) is 19.8 Å². The summed E-state index contributed by atoms with van der Waals surface area (Å²) in [5.74, 6) is 0.639. The van der Waals surface area contributed by atoms with Crippen LogP contribution < -0.4 is 10.1 Å². The molecule has 0 fully saturated rings. The topological polar surface area (TPSA) is 55.4 Å². The Kier molecular flexibility index (Phi) is 6.36. The molecule has 0 aliphatic carbocycles. The summed E-state index contributed by atoms with van der Waals surface area (Å²) in [5, 5.41) is 2.63. The highest BCUT2D eigenvalue weighted by Crippen LogP contribution is 2.13. The molecule has 0 aliphatic heterocycles. The van der Waals surface area contributed by atoms with Gasteiger partial charge in [-0.25, -0.2) is 0 Å². The Balaban J connectivity index is 2.37. The zero-order chi connectivity index (χ0) is 14.1. The highest BCUT2D eigenvalue weighted by atomic mass is 16.5. The standard InChI is InChI=1S/C15H19NO3/c1-3-10-16-15(18)11-19-14-8-6-13(7-9-14)5-4-12(2)17/h3,6-9H,1,4-5,10-11H2,2H3,(H,16,18). The quantitative estimate of drug-likeness (QED) is 0.727. The molecule has 0 spiro atoms. The lowest BCUT2D eigenvalue weighted by Gasteiger charge is -2.07. The van der Waals surface area contributed by atoms with E-state index < -0.39 is 0 Å². The molecule has 0 unspecified atom stereocenters. The van der Waals surface area contributed by atoms with E-state index in [1.165, 1.54) is 0 Å². The molecule has 0 saturated carbocycles. The van der Waals surface area contributed by atoms with Gasteiger partial charge >= 0.3 is 0 Å². The Bertz CT molecular complexity index is 437. The lowest BCUT2D eigenvalue weighted by molar-refractivity contribution is -0.122. The van der Waals surface area contributed by atoms with Crippen LogP contribution in [-0.2, 0) is 16.0 Å². The summed E-state index contributed by atoms with van der Waals surface area (Å²) < 4.78 is 5.33. The van der Waals surface area contributed by atoms with Gasteiger partial charge in [-0.15, -0.1) is 6.58 Å². The number of ketones is 1. The smallest absolute Gasteiger partial charge is 0.258 e. The van der Waals surface area contributed by atoms with Crippen LogP contribution in [0, 0.1) is 0 Å². The number of aryl methyl sites for hydroxylation is 1. The van der Waals surface area contributed by atoms with Crippen molar-refractivity contribution < 1.29 is 14.3 Å². The second kappa shape index (κ2) is 8.08. The predicted octanol–water partition coefficient (Wildman–Crippen LogP) is 1.89. The Labute approximate surface area is 113 Å². The maximum atomic E-state index is 11.3. The third-order valence-electron chi connectivity index (χ3n) is 2.50. The Morgan fingerprint density at radius 1 is 1.32 bits per heavy atom. The summed E-state index contributed by atoms with van der Waals surface area (Å²) in [6.07, 6.45) is 2.89. The first-order valence-electron chi connectivity index (χ1n) is 6.20. The van der Waals surface area contributed by atoms with Gasteiger partial charge in [0.25, 0.3) is 5.91 Å². The van der Waals surface area contributed by atoms with Gasteiger partial charge in [0.05, 0.1) is 0 Å². The van der Waals surface area contributed by atoms with Gasteiger partial charge in [-0.2, -0.15) is 0 Å². The second-order valence-corrected chi connectivity index (χ2v) is 4.23. The number of Topliss-reactive ketones (excluding diaryl/α,β-unsaturated/α-hetero) is 1. The van der Waals surface area contributed by atoms with Crippen LogP contribution in [0.3, 0.4) is 0 Å². The van der Waals surface area contributed by atoms with Gasteiger partial charge in [-0.05, 0) is 31.0 Å². The van der Waals surface area contributed by atoms with Crippen LogP contribution in [0.15, 0.2) is 36.9 Å². The molecule has 0 heterocycles. The average Bonchev–Trinajstić information content (AvgIpc) is 2.41. The number of benzene rings is 1. The molecular weight excluding hydrogens is 242 g/mol. The zero-order valence-electron chi connectivity index (χ0n) is 11.1. The van der Waals surface area contributed by atoms with Gasteiger partial charge in [0.15, 0.2) is 6.61 Å². The largest absolute Gasteiger partial charge is 0.484 e. The molecule has 1 amide bonds. The summed E-state index contributed by atoms with van der Waals surface area (Å²) in [6, 6.07) is 7.41. The van der Waals surface area contributed by atoms with Crippen LogP contribution in [0.1, 0.15) is 18.9 Å². The fourth-order valence-electron chi connectivity index (χ4n) is 1.46. The van der Waals surface area contributed by atoms with Gasteiger partial charge < -0.3 is 14.8 Å². The number of carbonyl (C=O) groups is 2. The SMILES string of the molecule is C=CCNC(=O)COc1ccc(CCC(C)=O)cc1. The van der Waals surface area contributed by atoms with Crippen molar-refractivity contribution in [3.05, 3.63) is 42.5 Å². The Morgan fingerprint density at radius 3 is 2.58 bits per heavy atom. The lowest BCUT2D eigenvalue weighted by atomic mass is 10.1. The first kappa shape index (κ1) is 15.0. The van der Waals surface area contributed by atoms with Crippen LogP contribution in [0.25, 0.3) is 0 Å². The molecule has 4 nitrogen and oxygen atoms in total. The monoisotopic (exact) mass is 261 g/mol.